The maximum atomic E-state index is 2.75. The second-order valence-electron chi connectivity index (χ2n) is 14.9. The fourth-order valence-corrected chi connectivity index (χ4v) is 10.9. The van der Waals surface area contributed by atoms with Crippen LogP contribution in [-0.4, -0.2) is 0 Å². The Morgan fingerprint density at radius 1 is 0.889 bits per heavy atom. The Morgan fingerprint density at radius 2 is 1.67 bits per heavy atom. The number of fused-ring (bicyclic) bond motifs is 7. The quantitative estimate of drug-likeness (QED) is 0.396. The Kier molecular flexibility index (Phi) is 6.37. The van der Waals surface area contributed by atoms with Gasteiger partial charge in [0.15, 0.2) is 0 Å². The zero-order valence-corrected chi connectivity index (χ0v) is 24.2. The van der Waals surface area contributed by atoms with Crippen LogP contribution >= 0.6 is 0 Å². The van der Waals surface area contributed by atoms with Crippen LogP contribution < -0.4 is 0 Å². The molecule has 4 aliphatic carbocycles. The van der Waals surface area contributed by atoms with Gasteiger partial charge in [0, 0.05) is 0 Å². The van der Waals surface area contributed by atoms with E-state index in [4.69, 9.17) is 0 Å². The highest BCUT2D eigenvalue weighted by molar-refractivity contribution is 5.87. The van der Waals surface area contributed by atoms with Crippen LogP contribution in [0.15, 0.2) is 30.3 Å². The van der Waals surface area contributed by atoms with Crippen molar-refractivity contribution in [2.75, 3.05) is 0 Å². The van der Waals surface area contributed by atoms with E-state index < -0.39 is 0 Å². The van der Waals surface area contributed by atoms with Crippen LogP contribution in [0, 0.1) is 59.2 Å². The van der Waals surface area contributed by atoms with E-state index in [1.54, 1.807) is 16.7 Å². The molecule has 0 N–H and O–H groups in total. The SMILES string of the molecule is Cc1c2c(cc3ccccc13)CC1(C)C(CCC3C1CCC1(C)C(C(C)CCCC(C)C)CCC31)C2. The Morgan fingerprint density at radius 3 is 2.47 bits per heavy atom. The molecule has 2 aromatic rings. The van der Waals surface area contributed by atoms with Gasteiger partial charge in [0.2, 0.25) is 0 Å². The first-order valence-electron chi connectivity index (χ1n) is 15.7. The van der Waals surface area contributed by atoms with Gasteiger partial charge in [0.25, 0.3) is 0 Å². The molecule has 0 nitrogen and oxygen atoms in total. The van der Waals surface area contributed by atoms with E-state index in [0.717, 1.165) is 41.4 Å². The second-order valence-corrected chi connectivity index (χ2v) is 14.9. The summed E-state index contributed by atoms with van der Waals surface area (Å²) in [5.41, 5.74) is 6.11. The van der Waals surface area contributed by atoms with Crippen LogP contribution in [0.2, 0.25) is 0 Å². The lowest BCUT2D eigenvalue weighted by Gasteiger charge is -2.61. The van der Waals surface area contributed by atoms with Gasteiger partial charge >= 0.3 is 0 Å². The minimum absolute atomic E-state index is 0.507. The zero-order chi connectivity index (χ0) is 25.2. The van der Waals surface area contributed by atoms with Crippen molar-refractivity contribution in [2.24, 2.45) is 52.3 Å². The van der Waals surface area contributed by atoms with E-state index in [0.29, 0.717) is 10.8 Å². The molecule has 0 radical (unpaired) electrons. The maximum Gasteiger partial charge on any atom is -0.0152 e. The molecule has 0 bridgehead atoms. The molecule has 8 unspecified atom stereocenters. The van der Waals surface area contributed by atoms with Crippen LogP contribution in [0.4, 0.5) is 0 Å². The summed E-state index contributed by atoms with van der Waals surface area (Å²) >= 11 is 0. The first kappa shape index (κ1) is 25.0. The predicted octanol–water partition coefficient (Wildman–Crippen LogP) is 10.2. The monoisotopic (exact) mass is 484 g/mol. The minimum Gasteiger partial charge on any atom is -0.0628 e. The second kappa shape index (κ2) is 9.17. The van der Waals surface area contributed by atoms with E-state index in [1.807, 2.05) is 0 Å². The van der Waals surface area contributed by atoms with Gasteiger partial charge in [-0.2, -0.15) is 0 Å². The summed E-state index contributed by atoms with van der Waals surface area (Å²) in [7, 11) is 0. The molecule has 0 aliphatic heterocycles. The van der Waals surface area contributed by atoms with E-state index in [-0.39, 0.29) is 0 Å². The molecule has 0 spiro atoms. The Labute approximate surface area is 222 Å². The molecule has 2 aromatic carbocycles. The lowest BCUT2D eigenvalue weighted by Crippen LogP contribution is -2.54. The van der Waals surface area contributed by atoms with Crippen LogP contribution in [0.5, 0.6) is 0 Å². The summed E-state index contributed by atoms with van der Waals surface area (Å²) in [4.78, 5) is 0. The molecule has 3 fully saturated rings. The third-order valence-corrected chi connectivity index (χ3v) is 12.8. The number of hydrogen-bond acceptors (Lipinski definition) is 0. The highest BCUT2D eigenvalue weighted by Crippen LogP contribution is 2.68. The predicted molar refractivity (Wildman–Crippen MR) is 155 cm³/mol. The van der Waals surface area contributed by atoms with Gasteiger partial charge in [-0.05, 0) is 138 Å². The van der Waals surface area contributed by atoms with Gasteiger partial charge in [-0.15, -0.1) is 0 Å². The van der Waals surface area contributed by atoms with Gasteiger partial charge in [0.1, 0.15) is 0 Å². The Balaban J connectivity index is 1.25. The third-order valence-electron chi connectivity index (χ3n) is 12.8. The molecule has 8 atom stereocenters. The van der Waals surface area contributed by atoms with E-state index in [1.165, 1.54) is 81.4 Å². The fourth-order valence-electron chi connectivity index (χ4n) is 10.9. The van der Waals surface area contributed by atoms with E-state index in [9.17, 15) is 0 Å². The van der Waals surface area contributed by atoms with Crippen molar-refractivity contribution in [1.29, 1.82) is 0 Å². The Hall–Kier alpha value is -1.30. The average molecular weight is 485 g/mol. The summed E-state index contributed by atoms with van der Waals surface area (Å²) in [6.45, 7) is 15.3. The molecule has 0 aromatic heterocycles. The van der Waals surface area contributed by atoms with Gasteiger partial charge in [0.05, 0.1) is 0 Å². The van der Waals surface area contributed by atoms with Crippen molar-refractivity contribution in [3.63, 3.8) is 0 Å². The fraction of sp³-hybridized carbons (Fsp3) is 0.722. The summed E-state index contributed by atoms with van der Waals surface area (Å²) in [6, 6.07) is 11.7. The number of benzene rings is 2. The van der Waals surface area contributed by atoms with Gasteiger partial charge in [-0.25, -0.2) is 0 Å². The summed E-state index contributed by atoms with van der Waals surface area (Å²) in [6.07, 6.45) is 16.0. The third kappa shape index (κ3) is 3.82. The molecule has 0 heteroatoms. The minimum atomic E-state index is 0.507. The highest BCUT2D eigenvalue weighted by atomic mass is 14.6. The number of rotatable bonds is 5. The Bertz CT molecular complexity index is 1110. The average Bonchev–Trinajstić information content (AvgIpc) is 3.20. The lowest BCUT2D eigenvalue weighted by molar-refractivity contribution is -0.103. The molecule has 3 saturated carbocycles. The van der Waals surface area contributed by atoms with Crippen molar-refractivity contribution >= 4 is 10.8 Å². The summed E-state index contributed by atoms with van der Waals surface area (Å²) < 4.78 is 0. The first-order valence-corrected chi connectivity index (χ1v) is 15.7. The lowest BCUT2D eigenvalue weighted by atomic mass is 9.44. The maximum absolute atomic E-state index is 2.75. The normalized spacial score (nSPS) is 38.4. The van der Waals surface area contributed by atoms with Gasteiger partial charge in [-0.3, -0.25) is 0 Å². The van der Waals surface area contributed by atoms with Crippen LogP contribution in [0.25, 0.3) is 10.8 Å². The van der Waals surface area contributed by atoms with Crippen molar-refractivity contribution in [3.8, 4) is 0 Å². The summed E-state index contributed by atoms with van der Waals surface area (Å²) in [5, 5.41) is 2.95. The smallest absolute Gasteiger partial charge is 0.0152 e. The molecular formula is C36H52. The van der Waals surface area contributed by atoms with Crippen LogP contribution in [0.3, 0.4) is 0 Å². The summed E-state index contributed by atoms with van der Waals surface area (Å²) in [5.74, 6) is 6.57. The topological polar surface area (TPSA) is 0 Å². The van der Waals surface area contributed by atoms with E-state index in [2.05, 4.69) is 71.9 Å². The van der Waals surface area contributed by atoms with Crippen molar-refractivity contribution in [3.05, 3.63) is 47.0 Å². The molecule has 4 aliphatic rings. The molecular weight excluding hydrogens is 432 g/mol. The van der Waals surface area contributed by atoms with Crippen LogP contribution in [-0.2, 0) is 12.8 Å². The highest BCUT2D eigenvalue weighted by Gasteiger charge is 2.60. The molecule has 6 rings (SSSR count). The van der Waals surface area contributed by atoms with Crippen molar-refractivity contribution in [2.45, 2.75) is 112 Å². The van der Waals surface area contributed by atoms with Crippen molar-refractivity contribution < 1.29 is 0 Å². The molecule has 36 heavy (non-hydrogen) atoms. The molecule has 0 amide bonds. The molecule has 0 saturated heterocycles. The number of hydrogen-bond donors (Lipinski definition) is 0. The van der Waals surface area contributed by atoms with Crippen LogP contribution in [0.1, 0.15) is 109 Å². The standard InChI is InChI=1S/C36H52/c1-23(2)10-9-11-24(3)32-16-17-33-30-15-14-28-21-31-25(4)29-13-8-7-12-26(29)20-27(31)22-36(28,6)34(30)18-19-35(32,33)5/h7-8,12-13,20,23-24,28,30,32-34H,9-11,14-19,21-22H2,1-6H3. The number of aryl methyl sites for hydroxylation is 1. The molecule has 196 valence electrons. The largest absolute Gasteiger partial charge is 0.0628 e. The van der Waals surface area contributed by atoms with Crippen molar-refractivity contribution in [1.82, 2.24) is 0 Å². The van der Waals surface area contributed by atoms with E-state index >= 15 is 0 Å². The molecule has 0 heterocycles. The van der Waals surface area contributed by atoms with Gasteiger partial charge in [-0.1, -0.05) is 84.2 Å². The zero-order valence-electron chi connectivity index (χ0n) is 24.2. The first-order chi connectivity index (χ1) is 17.2. The van der Waals surface area contributed by atoms with Gasteiger partial charge < -0.3 is 0 Å².